The van der Waals surface area contributed by atoms with Crippen molar-refractivity contribution in [3.63, 3.8) is 0 Å². The summed E-state index contributed by atoms with van der Waals surface area (Å²) in [4.78, 5) is 0. The Morgan fingerprint density at radius 1 is 0.769 bits per heavy atom. The summed E-state index contributed by atoms with van der Waals surface area (Å²) in [6.07, 6.45) is 0. The largest absolute Gasteiger partial charge is 0.333 e. The number of halogens is 1. The molecule has 6 N–H and O–H groups in total. The van der Waals surface area contributed by atoms with Gasteiger partial charge < -0.3 is 17.2 Å². The van der Waals surface area contributed by atoms with Gasteiger partial charge in [0.15, 0.2) is 0 Å². The minimum absolute atomic E-state index is 1.29. The SMILES string of the molecule is CN.CN.CN.Ic1ccccc1. The van der Waals surface area contributed by atoms with Crippen molar-refractivity contribution in [2.45, 2.75) is 0 Å². The number of hydrogen-bond acceptors (Lipinski definition) is 3. The average molecular weight is 297 g/mol. The third-order valence-electron chi connectivity index (χ3n) is 0.733. The van der Waals surface area contributed by atoms with E-state index in [1.807, 2.05) is 18.2 Å². The molecule has 0 heterocycles. The maximum Gasteiger partial charge on any atom is 0.0130 e. The Morgan fingerprint density at radius 3 is 1.23 bits per heavy atom. The molecular weight excluding hydrogens is 277 g/mol. The fourth-order valence-corrected chi connectivity index (χ4v) is 0.830. The van der Waals surface area contributed by atoms with Gasteiger partial charge in [-0.15, -0.1) is 0 Å². The maximum atomic E-state index is 4.50. The van der Waals surface area contributed by atoms with Crippen LogP contribution in [-0.4, -0.2) is 21.1 Å². The second kappa shape index (κ2) is 22.6. The zero-order valence-corrected chi connectivity index (χ0v) is 10.7. The highest BCUT2D eigenvalue weighted by molar-refractivity contribution is 14.1. The van der Waals surface area contributed by atoms with Crippen LogP contribution >= 0.6 is 22.6 Å². The number of hydrogen-bond donors (Lipinski definition) is 3. The van der Waals surface area contributed by atoms with Gasteiger partial charge in [-0.05, 0) is 55.9 Å². The van der Waals surface area contributed by atoms with Crippen molar-refractivity contribution in [1.82, 2.24) is 0 Å². The van der Waals surface area contributed by atoms with E-state index in [0.717, 1.165) is 0 Å². The molecule has 0 unspecified atom stereocenters. The van der Waals surface area contributed by atoms with E-state index in [0.29, 0.717) is 0 Å². The molecule has 0 aliphatic carbocycles. The number of rotatable bonds is 0. The van der Waals surface area contributed by atoms with E-state index in [2.05, 4.69) is 51.9 Å². The highest BCUT2D eigenvalue weighted by atomic mass is 127. The lowest BCUT2D eigenvalue weighted by Gasteiger charge is -1.80. The molecule has 0 saturated heterocycles. The summed E-state index contributed by atoms with van der Waals surface area (Å²) in [6, 6.07) is 10.2. The summed E-state index contributed by atoms with van der Waals surface area (Å²) < 4.78 is 1.29. The molecule has 0 aromatic heterocycles. The average Bonchev–Trinajstić information content (AvgIpc) is 2.28. The lowest BCUT2D eigenvalue weighted by molar-refractivity contribution is 1.48. The summed E-state index contributed by atoms with van der Waals surface area (Å²) in [6.45, 7) is 0. The summed E-state index contributed by atoms with van der Waals surface area (Å²) >= 11 is 2.28. The molecule has 1 aromatic carbocycles. The first-order valence-electron chi connectivity index (χ1n) is 3.83. The van der Waals surface area contributed by atoms with Crippen molar-refractivity contribution in [3.8, 4) is 0 Å². The summed E-state index contributed by atoms with van der Waals surface area (Å²) in [5.41, 5.74) is 13.5. The predicted octanol–water partition coefficient (Wildman–Crippen LogP) is 1.02. The van der Waals surface area contributed by atoms with Crippen LogP contribution in [0.1, 0.15) is 0 Å². The molecule has 0 atom stereocenters. The molecule has 0 spiro atoms. The molecule has 0 amide bonds. The van der Waals surface area contributed by atoms with Crippen LogP contribution in [0, 0.1) is 3.57 Å². The van der Waals surface area contributed by atoms with Crippen molar-refractivity contribution < 1.29 is 0 Å². The lowest BCUT2D eigenvalue weighted by atomic mass is 10.4. The highest BCUT2D eigenvalue weighted by Gasteiger charge is 1.74. The van der Waals surface area contributed by atoms with Gasteiger partial charge in [0.1, 0.15) is 0 Å². The third kappa shape index (κ3) is 18.6. The number of nitrogens with two attached hydrogens (primary N) is 3. The molecule has 4 heteroatoms. The van der Waals surface area contributed by atoms with E-state index in [1.54, 1.807) is 0 Å². The van der Waals surface area contributed by atoms with Crippen LogP contribution in [0.2, 0.25) is 0 Å². The van der Waals surface area contributed by atoms with Gasteiger partial charge in [-0.2, -0.15) is 0 Å². The van der Waals surface area contributed by atoms with Crippen molar-refractivity contribution in [3.05, 3.63) is 33.9 Å². The molecule has 13 heavy (non-hydrogen) atoms. The van der Waals surface area contributed by atoms with E-state index >= 15 is 0 Å². The van der Waals surface area contributed by atoms with Crippen molar-refractivity contribution in [2.24, 2.45) is 17.2 Å². The Labute approximate surface area is 94.8 Å². The second-order valence-corrected chi connectivity index (χ2v) is 2.54. The van der Waals surface area contributed by atoms with Gasteiger partial charge in [0.05, 0.1) is 0 Å². The standard InChI is InChI=1S/C6H5I.3CH5N/c7-6-4-2-1-3-5-6;3*1-2/h1-5H;3*2H2,1H3. The van der Waals surface area contributed by atoms with Gasteiger partial charge in [-0.1, -0.05) is 18.2 Å². The molecule has 0 saturated carbocycles. The molecule has 1 aromatic rings. The van der Waals surface area contributed by atoms with Crippen LogP contribution in [0.5, 0.6) is 0 Å². The molecule has 0 bridgehead atoms. The van der Waals surface area contributed by atoms with Gasteiger partial charge in [-0.3, -0.25) is 0 Å². The highest BCUT2D eigenvalue weighted by Crippen LogP contribution is 1.99. The monoisotopic (exact) mass is 297 g/mol. The first-order chi connectivity index (χ1) is 6.39. The van der Waals surface area contributed by atoms with Gasteiger partial charge in [-0.25, -0.2) is 0 Å². The zero-order chi connectivity index (χ0) is 11.1. The fourth-order valence-electron chi connectivity index (χ4n) is 0.415. The minimum Gasteiger partial charge on any atom is -0.333 e. The van der Waals surface area contributed by atoms with Gasteiger partial charge in [0.25, 0.3) is 0 Å². The summed E-state index contributed by atoms with van der Waals surface area (Å²) in [5, 5.41) is 0. The lowest BCUT2D eigenvalue weighted by Crippen LogP contribution is -1.69. The van der Waals surface area contributed by atoms with Crippen LogP contribution < -0.4 is 17.2 Å². The Morgan fingerprint density at radius 2 is 1.08 bits per heavy atom. The topological polar surface area (TPSA) is 78.1 Å². The van der Waals surface area contributed by atoms with Crippen LogP contribution in [-0.2, 0) is 0 Å². The smallest absolute Gasteiger partial charge is 0.0130 e. The van der Waals surface area contributed by atoms with Gasteiger partial charge in [0.2, 0.25) is 0 Å². The molecule has 0 fully saturated rings. The Bertz CT molecular complexity index is 145. The first-order valence-corrected chi connectivity index (χ1v) is 4.91. The normalized spacial score (nSPS) is 6.08. The van der Waals surface area contributed by atoms with E-state index in [1.165, 1.54) is 24.7 Å². The van der Waals surface area contributed by atoms with Gasteiger partial charge >= 0.3 is 0 Å². The Balaban J connectivity index is -0.000000144. The molecule has 0 radical (unpaired) electrons. The summed E-state index contributed by atoms with van der Waals surface area (Å²) in [7, 11) is 4.50. The maximum absolute atomic E-state index is 4.50. The molecule has 3 nitrogen and oxygen atoms in total. The quantitative estimate of drug-likeness (QED) is 0.626. The van der Waals surface area contributed by atoms with Crippen molar-refractivity contribution in [2.75, 3.05) is 21.1 Å². The molecule has 0 aliphatic heterocycles. The minimum atomic E-state index is 1.29. The van der Waals surface area contributed by atoms with Crippen LogP contribution in [0.4, 0.5) is 0 Å². The third-order valence-corrected chi connectivity index (χ3v) is 1.45. The van der Waals surface area contributed by atoms with Crippen LogP contribution in [0.15, 0.2) is 30.3 Å². The van der Waals surface area contributed by atoms with Crippen LogP contribution in [0.25, 0.3) is 0 Å². The van der Waals surface area contributed by atoms with E-state index in [9.17, 15) is 0 Å². The molecule has 0 aliphatic rings. The van der Waals surface area contributed by atoms with Crippen LogP contribution in [0.3, 0.4) is 0 Å². The van der Waals surface area contributed by atoms with Crippen molar-refractivity contribution in [1.29, 1.82) is 0 Å². The molecular formula is C9H20IN3. The van der Waals surface area contributed by atoms with E-state index in [4.69, 9.17) is 0 Å². The first kappa shape index (κ1) is 18.6. The summed E-state index contributed by atoms with van der Waals surface area (Å²) in [5.74, 6) is 0. The van der Waals surface area contributed by atoms with Crippen molar-refractivity contribution >= 4 is 22.6 Å². The zero-order valence-electron chi connectivity index (χ0n) is 8.50. The fraction of sp³-hybridized carbons (Fsp3) is 0.333. The predicted molar refractivity (Wildman–Crippen MR) is 69.5 cm³/mol. The Hall–Kier alpha value is -0.170. The molecule has 78 valence electrons. The molecule has 1 rings (SSSR count). The Kier molecular flexibility index (Phi) is 32.3. The van der Waals surface area contributed by atoms with E-state index < -0.39 is 0 Å². The van der Waals surface area contributed by atoms with E-state index in [-0.39, 0.29) is 0 Å². The second-order valence-electron chi connectivity index (χ2n) is 1.30. The number of benzene rings is 1. The van der Waals surface area contributed by atoms with Gasteiger partial charge in [0, 0.05) is 3.57 Å².